The first-order valence-corrected chi connectivity index (χ1v) is 13.1. The minimum atomic E-state index is -0.619. The highest BCUT2D eigenvalue weighted by atomic mass is 16.6. The number of hydrogen-bond donors (Lipinski definition) is 2. The minimum Gasteiger partial charge on any atom is -0.489 e. The second-order valence-electron chi connectivity index (χ2n) is 11.2. The molecule has 9 heteroatoms. The number of ether oxygens (including phenoxy) is 3. The van der Waals surface area contributed by atoms with Crippen molar-refractivity contribution in [3.8, 4) is 5.75 Å². The van der Waals surface area contributed by atoms with Crippen molar-refractivity contribution in [3.05, 3.63) is 23.8 Å². The molecule has 1 aromatic carbocycles. The normalized spacial score (nSPS) is 19.6. The molecule has 3 aliphatic rings. The third-order valence-corrected chi connectivity index (χ3v) is 6.84. The summed E-state index contributed by atoms with van der Waals surface area (Å²) in [6, 6.07) is 5.70. The Morgan fingerprint density at radius 1 is 1.14 bits per heavy atom. The van der Waals surface area contributed by atoms with Crippen molar-refractivity contribution in [2.24, 2.45) is 11.3 Å². The van der Waals surface area contributed by atoms with Gasteiger partial charge in [0.15, 0.2) is 0 Å². The van der Waals surface area contributed by atoms with E-state index in [4.69, 9.17) is 14.2 Å². The highest BCUT2D eigenvalue weighted by Gasteiger charge is 2.30. The molecule has 0 aromatic heterocycles. The van der Waals surface area contributed by atoms with Gasteiger partial charge in [0.2, 0.25) is 5.91 Å². The van der Waals surface area contributed by atoms with Gasteiger partial charge in [0.1, 0.15) is 18.5 Å². The van der Waals surface area contributed by atoms with Crippen molar-refractivity contribution < 1.29 is 28.6 Å². The second kappa shape index (κ2) is 11.5. The molecule has 2 aliphatic heterocycles. The van der Waals surface area contributed by atoms with Gasteiger partial charge in [-0.25, -0.2) is 4.79 Å². The van der Waals surface area contributed by atoms with E-state index in [0.29, 0.717) is 37.7 Å². The number of benzene rings is 1. The van der Waals surface area contributed by atoms with Crippen LogP contribution in [0.25, 0.3) is 0 Å². The van der Waals surface area contributed by atoms with Crippen molar-refractivity contribution in [1.29, 1.82) is 0 Å². The van der Waals surface area contributed by atoms with Crippen molar-refractivity contribution in [2.75, 3.05) is 38.2 Å². The second-order valence-corrected chi connectivity index (χ2v) is 11.2. The fourth-order valence-electron chi connectivity index (χ4n) is 4.40. The lowest BCUT2D eigenvalue weighted by Gasteiger charge is -2.34. The maximum atomic E-state index is 12.7. The number of esters is 1. The van der Waals surface area contributed by atoms with Crippen LogP contribution in [-0.2, 0) is 25.5 Å². The van der Waals surface area contributed by atoms with Gasteiger partial charge in [0.25, 0.3) is 0 Å². The molecule has 2 fully saturated rings. The van der Waals surface area contributed by atoms with Crippen LogP contribution >= 0.6 is 0 Å². The third-order valence-electron chi connectivity index (χ3n) is 6.84. The van der Waals surface area contributed by atoms with Crippen LogP contribution in [0.15, 0.2) is 18.2 Å². The summed E-state index contributed by atoms with van der Waals surface area (Å²) < 4.78 is 17.3. The van der Waals surface area contributed by atoms with Gasteiger partial charge in [0.05, 0.1) is 12.0 Å². The number of rotatable bonds is 9. The van der Waals surface area contributed by atoms with E-state index in [2.05, 4.69) is 15.5 Å². The topological polar surface area (TPSA) is 106 Å². The van der Waals surface area contributed by atoms with Crippen LogP contribution in [0.5, 0.6) is 5.75 Å². The largest absolute Gasteiger partial charge is 0.489 e. The quantitative estimate of drug-likeness (QED) is 0.499. The van der Waals surface area contributed by atoms with Gasteiger partial charge in [-0.2, -0.15) is 0 Å². The smallest absolute Gasteiger partial charge is 0.407 e. The molecule has 1 unspecified atom stereocenters. The van der Waals surface area contributed by atoms with Crippen LogP contribution in [0.1, 0.15) is 58.4 Å². The van der Waals surface area contributed by atoms with Gasteiger partial charge < -0.3 is 24.8 Å². The highest BCUT2D eigenvalue weighted by Crippen LogP contribution is 2.31. The number of likely N-dealkylation sites (tertiary alicyclic amines) is 1. The van der Waals surface area contributed by atoms with Crippen LogP contribution in [0.2, 0.25) is 0 Å². The Bertz CT molecular complexity index is 947. The SMILES string of the molecule is CC(C)(C)C(=O)OC(COc1cccc2c1CCC(=O)N2)CN1CCC(NC(=O)OCC2CC2)CC1. The zero-order chi connectivity index (χ0) is 25.7. The minimum absolute atomic E-state index is 0.00528. The van der Waals surface area contributed by atoms with Crippen LogP contribution < -0.4 is 15.4 Å². The molecular weight excluding hydrogens is 462 g/mol. The van der Waals surface area contributed by atoms with E-state index in [-0.39, 0.29) is 30.6 Å². The number of anilines is 1. The van der Waals surface area contributed by atoms with Gasteiger partial charge in [-0.1, -0.05) is 6.07 Å². The van der Waals surface area contributed by atoms with E-state index >= 15 is 0 Å². The number of nitrogens with one attached hydrogen (secondary N) is 2. The highest BCUT2D eigenvalue weighted by molar-refractivity contribution is 5.94. The predicted octanol–water partition coefficient (Wildman–Crippen LogP) is 3.51. The number of piperidine rings is 1. The fourth-order valence-corrected chi connectivity index (χ4v) is 4.40. The Morgan fingerprint density at radius 3 is 2.58 bits per heavy atom. The molecule has 36 heavy (non-hydrogen) atoms. The predicted molar refractivity (Wildman–Crippen MR) is 135 cm³/mol. The molecule has 1 saturated carbocycles. The summed E-state index contributed by atoms with van der Waals surface area (Å²) >= 11 is 0. The number of fused-ring (bicyclic) bond motifs is 1. The standard InChI is InChI=1S/C27H39N3O6/c1-27(2,3)25(32)36-20(17-34-23-6-4-5-22-21(23)9-10-24(31)29-22)15-30-13-11-19(12-14-30)28-26(33)35-16-18-7-8-18/h4-6,18-20H,7-17H2,1-3H3,(H,28,33)(H,29,31). The molecule has 2 N–H and O–H groups in total. The summed E-state index contributed by atoms with van der Waals surface area (Å²) in [7, 11) is 0. The summed E-state index contributed by atoms with van der Waals surface area (Å²) in [5, 5.41) is 5.87. The van der Waals surface area contributed by atoms with Gasteiger partial charge >= 0.3 is 12.1 Å². The maximum Gasteiger partial charge on any atom is 0.407 e. The first-order chi connectivity index (χ1) is 17.2. The van der Waals surface area contributed by atoms with E-state index in [1.807, 2.05) is 39.0 Å². The number of hydrogen-bond acceptors (Lipinski definition) is 7. The maximum absolute atomic E-state index is 12.7. The van der Waals surface area contributed by atoms with Gasteiger partial charge in [-0.15, -0.1) is 0 Å². The molecule has 198 valence electrons. The van der Waals surface area contributed by atoms with Gasteiger partial charge in [0, 0.05) is 43.3 Å². The Morgan fingerprint density at radius 2 is 1.89 bits per heavy atom. The Hall–Kier alpha value is -2.81. The van der Waals surface area contributed by atoms with Crippen molar-refractivity contribution in [3.63, 3.8) is 0 Å². The molecule has 1 atom stereocenters. The van der Waals surface area contributed by atoms with Crippen LogP contribution in [0.3, 0.4) is 0 Å². The Balaban J connectivity index is 1.31. The van der Waals surface area contributed by atoms with Gasteiger partial charge in [-0.05, 0) is 70.9 Å². The first-order valence-electron chi connectivity index (χ1n) is 13.1. The summed E-state index contributed by atoms with van der Waals surface area (Å²) in [5.74, 6) is 0.990. The molecular formula is C27H39N3O6. The van der Waals surface area contributed by atoms with Crippen LogP contribution in [-0.4, -0.2) is 67.9 Å². The van der Waals surface area contributed by atoms with E-state index in [1.54, 1.807) is 0 Å². The first kappa shape index (κ1) is 26.3. The molecule has 1 aliphatic carbocycles. The van der Waals surface area contributed by atoms with E-state index in [1.165, 1.54) is 0 Å². The fraction of sp³-hybridized carbons (Fsp3) is 0.667. The number of carbonyl (C=O) groups excluding carboxylic acids is 3. The average Bonchev–Trinajstić information content (AvgIpc) is 3.66. The number of nitrogens with zero attached hydrogens (tertiary/aromatic N) is 1. The molecule has 4 rings (SSSR count). The zero-order valence-corrected chi connectivity index (χ0v) is 21.6. The molecule has 0 spiro atoms. The summed E-state index contributed by atoms with van der Waals surface area (Å²) in [6.45, 7) is 8.36. The van der Waals surface area contributed by atoms with Crippen molar-refractivity contribution >= 4 is 23.7 Å². The van der Waals surface area contributed by atoms with E-state index in [9.17, 15) is 14.4 Å². The number of alkyl carbamates (subject to hydrolysis) is 1. The van der Waals surface area contributed by atoms with Crippen molar-refractivity contribution in [2.45, 2.75) is 71.4 Å². The van der Waals surface area contributed by atoms with Crippen LogP contribution in [0, 0.1) is 11.3 Å². The molecule has 0 bridgehead atoms. The van der Waals surface area contributed by atoms with Crippen LogP contribution in [0.4, 0.5) is 10.5 Å². The molecule has 1 aromatic rings. The lowest BCUT2D eigenvalue weighted by Crippen LogP contribution is -2.48. The van der Waals surface area contributed by atoms with E-state index in [0.717, 1.165) is 50.0 Å². The molecule has 2 heterocycles. The lowest BCUT2D eigenvalue weighted by molar-refractivity contribution is -0.161. The average molecular weight is 502 g/mol. The molecule has 2 amide bonds. The van der Waals surface area contributed by atoms with Gasteiger partial charge in [-0.3, -0.25) is 14.5 Å². The molecule has 9 nitrogen and oxygen atoms in total. The molecule has 1 saturated heterocycles. The Kier molecular flexibility index (Phi) is 8.39. The molecule has 0 radical (unpaired) electrons. The van der Waals surface area contributed by atoms with E-state index < -0.39 is 11.5 Å². The Labute approximate surface area is 213 Å². The third kappa shape index (κ3) is 7.59. The lowest BCUT2D eigenvalue weighted by atomic mass is 9.97. The summed E-state index contributed by atoms with van der Waals surface area (Å²) in [4.78, 5) is 38.7. The van der Waals surface area contributed by atoms with Crippen molar-refractivity contribution in [1.82, 2.24) is 10.2 Å². The zero-order valence-electron chi connectivity index (χ0n) is 21.6. The summed E-state index contributed by atoms with van der Waals surface area (Å²) in [6.07, 6.45) is 4.20. The number of carbonyl (C=O) groups is 3. The number of amides is 2. The monoisotopic (exact) mass is 501 g/mol. The summed E-state index contributed by atoms with van der Waals surface area (Å²) in [5.41, 5.74) is 1.13.